The Morgan fingerprint density at radius 2 is 2.29 bits per heavy atom. The Balaban J connectivity index is 1.49. The molecule has 9 heteroatoms. The number of furan rings is 1. The van der Waals surface area contributed by atoms with Crippen molar-refractivity contribution in [2.45, 2.75) is 26.2 Å². The van der Waals surface area contributed by atoms with Crippen molar-refractivity contribution in [1.82, 2.24) is 14.6 Å². The molecule has 4 rings (SSSR count). The molecule has 1 unspecified atom stereocenters. The Hall–Kier alpha value is -2.94. The van der Waals surface area contributed by atoms with Gasteiger partial charge in [0, 0.05) is 18.0 Å². The SMILES string of the molecule is CCc1cc2c(=O)n(NC(=O)C3CCCN(C(=O)c4ccco4)C3)cnc2s1. The number of fused-ring (bicyclic) bond motifs is 1. The van der Waals surface area contributed by atoms with Crippen molar-refractivity contribution < 1.29 is 14.0 Å². The maximum absolute atomic E-state index is 12.7. The second kappa shape index (κ2) is 7.59. The summed E-state index contributed by atoms with van der Waals surface area (Å²) in [5.74, 6) is -0.667. The molecular formula is C19H20N4O4S. The van der Waals surface area contributed by atoms with Gasteiger partial charge in [0.25, 0.3) is 11.5 Å². The summed E-state index contributed by atoms with van der Waals surface area (Å²) in [6.07, 6.45) is 4.98. The van der Waals surface area contributed by atoms with Gasteiger partial charge in [0.1, 0.15) is 11.2 Å². The number of hydrogen-bond donors (Lipinski definition) is 1. The standard InChI is InChI=1S/C19H20N4O4S/c1-2-13-9-14-17(28-13)20-11-23(18(14)25)21-16(24)12-5-3-7-22(10-12)19(26)15-6-4-8-27-15/h4,6,8-9,11-12H,2-3,5,7,10H2,1H3,(H,21,24). The van der Waals surface area contributed by atoms with Gasteiger partial charge in [-0.05, 0) is 37.5 Å². The molecule has 0 saturated carbocycles. The van der Waals surface area contributed by atoms with Gasteiger partial charge in [-0.25, -0.2) is 9.66 Å². The second-order valence-electron chi connectivity index (χ2n) is 6.75. The molecule has 1 aliphatic heterocycles. The van der Waals surface area contributed by atoms with Gasteiger partial charge in [0.05, 0.1) is 17.6 Å². The zero-order valence-electron chi connectivity index (χ0n) is 15.4. The highest BCUT2D eigenvalue weighted by Crippen LogP contribution is 2.21. The minimum absolute atomic E-state index is 0.229. The summed E-state index contributed by atoms with van der Waals surface area (Å²) in [7, 11) is 0. The Morgan fingerprint density at radius 1 is 1.43 bits per heavy atom. The van der Waals surface area contributed by atoms with Gasteiger partial charge in [0.15, 0.2) is 5.76 Å². The van der Waals surface area contributed by atoms with Crippen LogP contribution in [0.25, 0.3) is 10.2 Å². The molecular weight excluding hydrogens is 380 g/mol. The molecule has 2 amide bonds. The summed E-state index contributed by atoms with van der Waals surface area (Å²) in [6, 6.07) is 5.09. The van der Waals surface area contributed by atoms with E-state index in [1.807, 2.05) is 13.0 Å². The zero-order valence-corrected chi connectivity index (χ0v) is 16.2. The van der Waals surface area contributed by atoms with Crippen LogP contribution in [0.3, 0.4) is 0 Å². The lowest BCUT2D eigenvalue weighted by atomic mass is 9.97. The second-order valence-corrected chi connectivity index (χ2v) is 7.86. The number of nitrogens with one attached hydrogen (secondary N) is 1. The molecule has 1 atom stereocenters. The average molecular weight is 400 g/mol. The third-order valence-corrected chi connectivity index (χ3v) is 6.08. The molecule has 146 valence electrons. The molecule has 0 radical (unpaired) electrons. The van der Waals surface area contributed by atoms with Crippen molar-refractivity contribution in [3.8, 4) is 0 Å². The van der Waals surface area contributed by atoms with Crippen molar-refractivity contribution >= 4 is 33.4 Å². The number of carbonyl (C=O) groups is 2. The minimum atomic E-state index is -0.399. The van der Waals surface area contributed by atoms with Crippen molar-refractivity contribution in [1.29, 1.82) is 0 Å². The van der Waals surface area contributed by atoms with Gasteiger partial charge in [-0.15, -0.1) is 11.3 Å². The molecule has 1 saturated heterocycles. The Labute approximate surface area is 164 Å². The van der Waals surface area contributed by atoms with Crippen LogP contribution < -0.4 is 11.0 Å². The predicted molar refractivity (Wildman–Crippen MR) is 105 cm³/mol. The number of aryl methyl sites for hydroxylation is 1. The number of likely N-dealkylation sites (tertiary alicyclic amines) is 1. The van der Waals surface area contributed by atoms with E-state index in [2.05, 4.69) is 10.4 Å². The van der Waals surface area contributed by atoms with Crippen molar-refractivity contribution in [3.63, 3.8) is 0 Å². The van der Waals surface area contributed by atoms with Crippen molar-refractivity contribution in [2.24, 2.45) is 5.92 Å². The molecule has 8 nitrogen and oxygen atoms in total. The molecule has 3 aromatic rings. The van der Waals surface area contributed by atoms with Crippen LogP contribution in [-0.4, -0.2) is 39.5 Å². The van der Waals surface area contributed by atoms with E-state index in [4.69, 9.17) is 4.42 Å². The first-order chi connectivity index (χ1) is 13.6. The van der Waals surface area contributed by atoms with E-state index in [0.717, 1.165) is 16.0 Å². The van der Waals surface area contributed by atoms with Crippen LogP contribution in [0.2, 0.25) is 0 Å². The maximum atomic E-state index is 12.7. The smallest absolute Gasteiger partial charge is 0.289 e. The summed E-state index contributed by atoms with van der Waals surface area (Å²) in [4.78, 5) is 45.4. The number of carbonyl (C=O) groups excluding carboxylic acids is 2. The molecule has 4 heterocycles. The van der Waals surface area contributed by atoms with Gasteiger partial charge < -0.3 is 9.32 Å². The first kappa shape index (κ1) is 18.4. The van der Waals surface area contributed by atoms with Gasteiger partial charge in [-0.2, -0.15) is 0 Å². The normalized spacial score (nSPS) is 17.0. The molecule has 0 spiro atoms. The molecule has 0 aromatic carbocycles. The third kappa shape index (κ3) is 3.45. The van der Waals surface area contributed by atoms with E-state index in [-0.39, 0.29) is 29.7 Å². The highest BCUT2D eigenvalue weighted by molar-refractivity contribution is 7.18. The van der Waals surface area contributed by atoms with E-state index in [0.29, 0.717) is 29.6 Å². The maximum Gasteiger partial charge on any atom is 0.289 e. The first-order valence-electron chi connectivity index (χ1n) is 9.20. The summed E-state index contributed by atoms with van der Waals surface area (Å²) in [6.45, 7) is 2.88. The lowest BCUT2D eigenvalue weighted by Crippen LogP contribution is -2.46. The molecule has 1 aliphatic rings. The number of nitrogens with zero attached hydrogens (tertiary/aromatic N) is 3. The highest BCUT2D eigenvalue weighted by Gasteiger charge is 2.30. The zero-order chi connectivity index (χ0) is 19.7. The topological polar surface area (TPSA) is 97.4 Å². The van der Waals surface area contributed by atoms with Gasteiger partial charge >= 0.3 is 0 Å². The fraction of sp³-hybridized carbons (Fsp3) is 0.368. The summed E-state index contributed by atoms with van der Waals surface area (Å²) in [5.41, 5.74) is 2.34. The largest absolute Gasteiger partial charge is 0.459 e. The minimum Gasteiger partial charge on any atom is -0.459 e. The predicted octanol–water partition coefficient (Wildman–Crippen LogP) is 2.24. The Bertz CT molecular complexity index is 1070. The van der Waals surface area contributed by atoms with Crippen LogP contribution in [0.4, 0.5) is 0 Å². The number of thiophene rings is 1. The Morgan fingerprint density at radius 3 is 3.04 bits per heavy atom. The number of rotatable bonds is 4. The van der Waals surface area contributed by atoms with Gasteiger partial charge in [-0.1, -0.05) is 6.92 Å². The first-order valence-corrected chi connectivity index (χ1v) is 10.0. The monoisotopic (exact) mass is 400 g/mol. The summed E-state index contributed by atoms with van der Waals surface area (Å²) >= 11 is 1.48. The average Bonchev–Trinajstić information content (AvgIpc) is 3.39. The fourth-order valence-corrected chi connectivity index (χ4v) is 4.29. The molecule has 0 bridgehead atoms. The van der Waals surface area contributed by atoms with Crippen LogP contribution in [0.1, 0.15) is 35.2 Å². The van der Waals surface area contributed by atoms with E-state index >= 15 is 0 Å². The number of aromatic nitrogens is 2. The van der Waals surface area contributed by atoms with Crippen LogP contribution in [-0.2, 0) is 11.2 Å². The number of hydrogen-bond acceptors (Lipinski definition) is 6. The van der Waals surface area contributed by atoms with E-state index in [1.54, 1.807) is 17.0 Å². The van der Waals surface area contributed by atoms with E-state index in [1.165, 1.54) is 23.9 Å². The lowest BCUT2D eigenvalue weighted by molar-refractivity contribution is -0.122. The fourth-order valence-electron chi connectivity index (χ4n) is 3.37. The van der Waals surface area contributed by atoms with Gasteiger partial charge in [0.2, 0.25) is 5.91 Å². The van der Waals surface area contributed by atoms with E-state index < -0.39 is 5.92 Å². The third-order valence-electron chi connectivity index (χ3n) is 4.89. The van der Waals surface area contributed by atoms with Crippen molar-refractivity contribution in [3.05, 3.63) is 51.8 Å². The molecule has 0 aliphatic carbocycles. The lowest BCUT2D eigenvalue weighted by Gasteiger charge is -2.31. The number of piperidine rings is 1. The van der Waals surface area contributed by atoms with Crippen LogP contribution in [0.5, 0.6) is 0 Å². The molecule has 28 heavy (non-hydrogen) atoms. The van der Waals surface area contributed by atoms with Gasteiger partial charge in [-0.3, -0.25) is 19.8 Å². The van der Waals surface area contributed by atoms with Crippen LogP contribution in [0, 0.1) is 5.92 Å². The summed E-state index contributed by atoms with van der Waals surface area (Å²) < 4.78 is 6.29. The summed E-state index contributed by atoms with van der Waals surface area (Å²) in [5, 5.41) is 0.503. The van der Waals surface area contributed by atoms with Crippen LogP contribution in [0.15, 0.2) is 40.0 Å². The van der Waals surface area contributed by atoms with Crippen molar-refractivity contribution in [2.75, 3.05) is 18.5 Å². The Kier molecular flexibility index (Phi) is 4.99. The quantitative estimate of drug-likeness (QED) is 0.724. The molecule has 3 aromatic heterocycles. The molecule has 1 fully saturated rings. The van der Waals surface area contributed by atoms with Crippen LogP contribution >= 0.6 is 11.3 Å². The van der Waals surface area contributed by atoms with E-state index in [9.17, 15) is 14.4 Å². The number of amides is 2. The highest BCUT2D eigenvalue weighted by atomic mass is 32.1. The molecule has 1 N–H and O–H groups in total.